The molecule has 1 saturated heterocycles. The third-order valence-electron chi connectivity index (χ3n) is 6.31. The van der Waals surface area contributed by atoms with E-state index in [1.54, 1.807) is 32.2 Å². The average Bonchev–Trinajstić information content (AvgIpc) is 3.17. The molecule has 0 bridgehead atoms. The quantitative estimate of drug-likeness (QED) is 0.558. The summed E-state index contributed by atoms with van der Waals surface area (Å²) in [5.74, 6) is 1.47. The van der Waals surface area contributed by atoms with Gasteiger partial charge in [0.2, 0.25) is 5.91 Å². The van der Waals surface area contributed by atoms with E-state index in [9.17, 15) is 14.4 Å². The number of nitrogens with one attached hydrogen (secondary N) is 1. The Morgan fingerprint density at radius 1 is 1.17 bits per heavy atom. The van der Waals surface area contributed by atoms with Crippen LogP contribution < -0.4 is 20.3 Å². The number of carbonyl (C=O) groups excluding carboxylic acids is 2. The molecule has 3 heterocycles. The SMILES string of the molecule is COc1ccc(NC(=O)c2sc3ncn(CC(=O)N4CC(C)CC(C)C4)c(=O)c3c2C)c(OC)c1. The van der Waals surface area contributed by atoms with Gasteiger partial charge in [0.1, 0.15) is 22.9 Å². The molecule has 186 valence electrons. The lowest BCUT2D eigenvalue weighted by Gasteiger charge is -2.35. The van der Waals surface area contributed by atoms with Crippen LogP contribution in [0.3, 0.4) is 0 Å². The predicted octanol–water partition coefficient (Wildman–Crippen LogP) is 3.54. The summed E-state index contributed by atoms with van der Waals surface area (Å²) in [4.78, 5) is 46.3. The normalized spacial score (nSPS) is 17.9. The Morgan fingerprint density at radius 3 is 2.54 bits per heavy atom. The number of thiophene rings is 1. The van der Waals surface area contributed by atoms with Gasteiger partial charge in [-0.1, -0.05) is 13.8 Å². The number of anilines is 1. The first-order valence-electron chi connectivity index (χ1n) is 11.5. The van der Waals surface area contributed by atoms with E-state index >= 15 is 0 Å². The number of nitrogens with zero attached hydrogens (tertiary/aromatic N) is 3. The summed E-state index contributed by atoms with van der Waals surface area (Å²) in [5.41, 5.74) is 0.696. The van der Waals surface area contributed by atoms with Crippen LogP contribution in [0.1, 0.15) is 35.5 Å². The number of methoxy groups -OCH3 is 2. The fourth-order valence-corrected chi connectivity index (χ4v) is 5.72. The summed E-state index contributed by atoms with van der Waals surface area (Å²) in [6, 6.07) is 5.09. The van der Waals surface area contributed by atoms with Gasteiger partial charge in [-0.3, -0.25) is 19.0 Å². The number of piperidine rings is 1. The number of carbonyl (C=O) groups is 2. The largest absolute Gasteiger partial charge is 0.497 e. The average molecular weight is 499 g/mol. The molecule has 2 unspecified atom stereocenters. The number of aromatic nitrogens is 2. The van der Waals surface area contributed by atoms with Crippen molar-refractivity contribution in [2.45, 2.75) is 33.7 Å². The third kappa shape index (κ3) is 5.02. The minimum absolute atomic E-state index is 0.0684. The molecule has 1 aliphatic rings. The molecule has 4 rings (SSSR count). The van der Waals surface area contributed by atoms with E-state index in [0.717, 1.165) is 17.8 Å². The number of rotatable bonds is 6. The molecule has 2 aromatic heterocycles. The molecule has 10 heteroatoms. The van der Waals surface area contributed by atoms with Gasteiger partial charge in [-0.2, -0.15) is 0 Å². The summed E-state index contributed by atoms with van der Waals surface area (Å²) in [6.07, 6.45) is 2.49. The summed E-state index contributed by atoms with van der Waals surface area (Å²) >= 11 is 1.15. The zero-order valence-corrected chi connectivity index (χ0v) is 21.4. The first-order valence-corrected chi connectivity index (χ1v) is 12.3. The Morgan fingerprint density at radius 2 is 1.89 bits per heavy atom. The molecule has 0 saturated carbocycles. The smallest absolute Gasteiger partial charge is 0.266 e. The summed E-state index contributed by atoms with van der Waals surface area (Å²) in [5, 5.41) is 3.20. The summed E-state index contributed by atoms with van der Waals surface area (Å²) < 4.78 is 11.9. The molecular formula is C25H30N4O5S. The Bertz CT molecular complexity index is 1320. The molecule has 3 aromatic rings. The maximum atomic E-state index is 13.3. The Hall–Kier alpha value is -3.40. The fourth-order valence-electron chi connectivity index (χ4n) is 4.68. The van der Waals surface area contributed by atoms with Crippen LogP contribution in [0.5, 0.6) is 11.5 Å². The highest BCUT2D eigenvalue weighted by molar-refractivity contribution is 7.20. The van der Waals surface area contributed by atoms with E-state index < -0.39 is 0 Å². The van der Waals surface area contributed by atoms with E-state index in [2.05, 4.69) is 24.1 Å². The van der Waals surface area contributed by atoms with Crippen LogP contribution in [0.4, 0.5) is 5.69 Å². The van der Waals surface area contributed by atoms with Crippen molar-refractivity contribution in [1.82, 2.24) is 14.5 Å². The minimum atomic E-state index is -0.368. The lowest BCUT2D eigenvalue weighted by atomic mass is 9.92. The fraction of sp³-hybridized carbons (Fsp3) is 0.440. The topological polar surface area (TPSA) is 103 Å². The molecule has 1 aromatic carbocycles. The lowest BCUT2D eigenvalue weighted by molar-refractivity contribution is -0.134. The number of hydrogen-bond donors (Lipinski definition) is 1. The van der Waals surface area contributed by atoms with Gasteiger partial charge < -0.3 is 19.7 Å². The Balaban J connectivity index is 1.59. The van der Waals surface area contributed by atoms with Gasteiger partial charge in [0.05, 0.1) is 36.5 Å². The molecule has 0 radical (unpaired) electrons. The maximum Gasteiger partial charge on any atom is 0.266 e. The van der Waals surface area contributed by atoms with Crippen LogP contribution in [0.25, 0.3) is 10.2 Å². The molecule has 0 aliphatic carbocycles. The number of hydrogen-bond acceptors (Lipinski definition) is 7. The number of amides is 2. The lowest BCUT2D eigenvalue weighted by Crippen LogP contribution is -2.44. The number of fused-ring (bicyclic) bond motifs is 1. The molecule has 35 heavy (non-hydrogen) atoms. The van der Waals surface area contributed by atoms with Crippen LogP contribution in [-0.2, 0) is 11.3 Å². The van der Waals surface area contributed by atoms with Crippen molar-refractivity contribution in [3.05, 3.63) is 45.3 Å². The second-order valence-corrected chi connectivity index (χ2v) is 10.2. The van der Waals surface area contributed by atoms with Crippen molar-refractivity contribution < 1.29 is 19.1 Å². The number of ether oxygens (including phenoxy) is 2. The van der Waals surface area contributed by atoms with Gasteiger partial charge in [-0.15, -0.1) is 11.3 Å². The predicted molar refractivity (Wildman–Crippen MR) is 136 cm³/mol. The van der Waals surface area contributed by atoms with Gasteiger partial charge in [-0.05, 0) is 42.9 Å². The molecule has 2 amide bonds. The van der Waals surface area contributed by atoms with Gasteiger partial charge in [-0.25, -0.2) is 4.98 Å². The number of benzene rings is 1. The first-order chi connectivity index (χ1) is 16.7. The van der Waals surface area contributed by atoms with Crippen molar-refractivity contribution in [3.8, 4) is 11.5 Å². The van der Waals surface area contributed by atoms with Crippen LogP contribution in [-0.4, -0.2) is 53.6 Å². The first kappa shape index (κ1) is 24.7. The van der Waals surface area contributed by atoms with Crippen molar-refractivity contribution in [2.75, 3.05) is 32.6 Å². The molecule has 0 spiro atoms. The van der Waals surface area contributed by atoms with Crippen molar-refractivity contribution >= 4 is 39.1 Å². The highest BCUT2D eigenvalue weighted by Crippen LogP contribution is 2.32. The standard InChI is InChI=1S/C25H30N4O5S/c1-14-8-15(2)11-28(10-14)20(30)12-29-13-26-24-21(25(29)32)16(3)22(35-24)23(31)27-18-7-6-17(33-4)9-19(18)34-5/h6-7,9,13-15H,8,10-12H2,1-5H3,(H,27,31). The number of likely N-dealkylation sites (tertiary alicyclic amines) is 1. The summed E-state index contributed by atoms with van der Waals surface area (Å²) in [6.45, 7) is 7.33. The highest BCUT2D eigenvalue weighted by Gasteiger charge is 2.26. The van der Waals surface area contributed by atoms with E-state index in [1.807, 2.05) is 4.90 Å². The minimum Gasteiger partial charge on any atom is -0.497 e. The van der Waals surface area contributed by atoms with Crippen molar-refractivity contribution in [2.24, 2.45) is 11.8 Å². The van der Waals surface area contributed by atoms with Crippen molar-refractivity contribution in [3.63, 3.8) is 0 Å². The van der Waals surface area contributed by atoms with Crippen LogP contribution in [0, 0.1) is 18.8 Å². The Labute approximate surface area is 207 Å². The van der Waals surface area contributed by atoms with Crippen molar-refractivity contribution in [1.29, 1.82) is 0 Å². The third-order valence-corrected chi connectivity index (χ3v) is 7.51. The zero-order valence-electron chi connectivity index (χ0n) is 20.6. The molecule has 2 atom stereocenters. The molecule has 1 fully saturated rings. The van der Waals surface area contributed by atoms with Crippen LogP contribution in [0.15, 0.2) is 29.3 Å². The van der Waals surface area contributed by atoms with Gasteiger partial charge in [0.25, 0.3) is 11.5 Å². The Kier molecular flexibility index (Phi) is 7.11. The van der Waals surface area contributed by atoms with Gasteiger partial charge >= 0.3 is 0 Å². The molecule has 1 N–H and O–H groups in total. The number of aryl methyl sites for hydroxylation is 1. The van der Waals surface area contributed by atoms with Gasteiger partial charge in [0, 0.05) is 19.2 Å². The molecule has 9 nitrogen and oxygen atoms in total. The maximum absolute atomic E-state index is 13.3. The zero-order chi connectivity index (χ0) is 25.3. The molecule has 1 aliphatic heterocycles. The summed E-state index contributed by atoms with van der Waals surface area (Å²) in [7, 11) is 3.06. The second-order valence-electron chi connectivity index (χ2n) is 9.18. The monoisotopic (exact) mass is 498 g/mol. The second kappa shape index (κ2) is 10.1. The van der Waals surface area contributed by atoms with Crippen LogP contribution >= 0.6 is 11.3 Å². The van der Waals surface area contributed by atoms with E-state index in [0.29, 0.717) is 62.8 Å². The highest BCUT2D eigenvalue weighted by atomic mass is 32.1. The van der Waals surface area contributed by atoms with E-state index in [4.69, 9.17) is 9.47 Å². The van der Waals surface area contributed by atoms with E-state index in [-0.39, 0.29) is 23.9 Å². The van der Waals surface area contributed by atoms with Gasteiger partial charge in [0.15, 0.2) is 0 Å². The van der Waals surface area contributed by atoms with Crippen LogP contribution in [0.2, 0.25) is 0 Å². The molecular weight excluding hydrogens is 468 g/mol. The van der Waals surface area contributed by atoms with E-state index in [1.165, 1.54) is 18.0 Å².